The van der Waals surface area contributed by atoms with Crippen LogP contribution < -0.4 is 0 Å². The molecule has 0 aliphatic rings. The van der Waals surface area contributed by atoms with Crippen LogP contribution in [0.2, 0.25) is 0 Å². The van der Waals surface area contributed by atoms with Crippen LogP contribution in [0.5, 0.6) is 0 Å². The monoisotopic (exact) mass is 338 g/mol. The van der Waals surface area contributed by atoms with Crippen molar-refractivity contribution in [2.24, 2.45) is 0 Å². The molecule has 0 unspecified atom stereocenters. The first-order valence-corrected chi connectivity index (χ1v) is 8.59. The Kier molecular flexibility index (Phi) is 6.82. The van der Waals surface area contributed by atoms with E-state index in [-0.39, 0.29) is 5.25 Å². The van der Waals surface area contributed by atoms with E-state index in [1.807, 2.05) is 48.5 Å². The lowest BCUT2D eigenvalue weighted by atomic mass is 10.0. The molecule has 0 amide bonds. The minimum absolute atomic E-state index is 0.178. The molecule has 0 aliphatic heterocycles. The Morgan fingerprint density at radius 2 is 1.13 bits per heavy atom. The van der Waals surface area contributed by atoms with Gasteiger partial charge in [-0.3, -0.25) is 0 Å². The van der Waals surface area contributed by atoms with Crippen LogP contribution in [0.25, 0.3) is 0 Å². The van der Waals surface area contributed by atoms with Crippen LogP contribution in [0.4, 0.5) is 0 Å². The van der Waals surface area contributed by atoms with E-state index in [1.165, 1.54) is 22.3 Å². The average molecular weight is 339 g/mol. The Labute approximate surface area is 150 Å². The molecule has 0 saturated heterocycles. The lowest BCUT2D eigenvalue weighted by Crippen LogP contribution is -1.91. The zero-order valence-electron chi connectivity index (χ0n) is 13.5. The van der Waals surface area contributed by atoms with E-state index in [0.717, 1.165) is 4.90 Å². The summed E-state index contributed by atoms with van der Waals surface area (Å²) in [6.45, 7) is 4.17. The Hall–Kier alpha value is -1.64. The normalized spacial score (nSPS) is 10.1. The van der Waals surface area contributed by atoms with Gasteiger partial charge >= 0.3 is 0 Å². The van der Waals surface area contributed by atoms with Crippen molar-refractivity contribution >= 4 is 25.3 Å². The van der Waals surface area contributed by atoms with E-state index in [1.54, 1.807) is 0 Å². The Morgan fingerprint density at radius 1 is 0.652 bits per heavy atom. The number of rotatable bonds is 2. The second-order valence-corrected chi connectivity index (χ2v) is 6.44. The van der Waals surface area contributed by atoms with E-state index < -0.39 is 0 Å². The maximum absolute atomic E-state index is 4.61. The summed E-state index contributed by atoms with van der Waals surface area (Å²) in [5, 5.41) is 0.178. The van der Waals surface area contributed by atoms with Gasteiger partial charge in [-0.1, -0.05) is 72.8 Å². The van der Waals surface area contributed by atoms with E-state index in [2.05, 4.69) is 69.4 Å². The first kappa shape index (κ1) is 17.7. The molecule has 3 aromatic rings. The van der Waals surface area contributed by atoms with Crippen LogP contribution >= 0.6 is 25.3 Å². The molecule has 0 heterocycles. The zero-order valence-corrected chi connectivity index (χ0v) is 15.3. The summed E-state index contributed by atoms with van der Waals surface area (Å²) in [7, 11) is 0. The van der Waals surface area contributed by atoms with Gasteiger partial charge in [-0.25, -0.2) is 0 Å². The molecule has 2 heteroatoms. The van der Waals surface area contributed by atoms with Crippen molar-refractivity contribution < 1.29 is 0 Å². The van der Waals surface area contributed by atoms with E-state index in [4.69, 9.17) is 0 Å². The van der Waals surface area contributed by atoms with Gasteiger partial charge < -0.3 is 0 Å². The van der Waals surface area contributed by atoms with Crippen LogP contribution in [0, 0.1) is 13.8 Å². The molecule has 0 spiro atoms. The van der Waals surface area contributed by atoms with Crippen molar-refractivity contribution in [2.45, 2.75) is 24.0 Å². The van der Waals surface area contributed by atoms with Gasteiger partial charge in [0, 0.05) is 4.90 Å². The summed E-state index contributed by atoms with van der Waals surface area (Å²) in [5.41, 5.74) is 5.06. The molecule has 0 fully saturated rings. The summed E-state index contributed by atoms with van der Waals surface area (Å²) in [4.78, 5) is 1.08. The SMILES string of the molecule is Cc1cccc(S)c1C.SC(c1ccccc1)c1ccccc1. The third kappa shape index (κ3) is 5.19. The van der Waals surface area contributed by atoms with Gasteiger partial charge in [0.2, 0.25) is 0 Å². The van der Waals surface area contributed by atoms with E-state index >= 15 is 0 Å². The van der Waals surface area contributed by atoms with Crippen molar-refractivity contribution in [3.63, 3.8) is 0 Å². The van der Waals surface area contributed by atoms with Crippen molar-refractivity contribution in [1.82, 2.24) is 0 Å². The molecule has 3 aromatic carbocycles. The molecule has 0 N–H and O–H groups in total. The highest BCUT2D eigenvalue weighted by Crippen LogP contribution is 2.27. The van der Waals surface area contributed by atoms with Gasteiger partial charge in [0.25, 0.3) is 0 Å². The third-order valence-electron chi connectivity index (χ3n) is 3.81. The summed E-state index contributed by atoms with van der Waals surface area (Å²) < 4.78 is 0. The summed E-state index contributed by atoms with van der Waals surface area (Å²) in [6, 6.07) is 26.7. The van der Waals surface area contributed by atoms with Crippen LogP contribution in [-0.4, -0.2) is 0 Å². The Balaban J connectivity index is 0.000000185. The molecule has 3 rings (SSSR count). The number of benzene rings is 3. The second kappa shape index (κ2) is 8.85. The molecule has 0 aromatic heterocycles. The van der Waals surface area contributed by atoms with Crippen molar-refractivity contribution in [3.05, 3.63) is 101 Å². The molecular weight excluding hydrogens is 316 g/mol. The first-order chi connectivity index (χ1) is 11.1. The maximum Gasteiger partial charge on any atom is 0.0516 e. The molecule has 0 saturated carbocycles. The lowest BCUT2D eigenvalue weighted by molar-refractivity contribution is 1.17. The first-order valence-electron chi connectivity index (χ1n) is 7.62. The number of thiol groups is 2. The van der Waals surface area contributed by atoms with Gasteiger partial charge in [0.05, 0.1) is 5.25 Å². The highest BCUT2D eigenvalue weighted by molar-refractivity contribution is 7.80. The minimum Gasteiger partial charge on any atom is -0.166 e. The fourth-order valence-corrected chi connectivity index (χ4v) is 2.81. The predicted molar refractivity (Wildman–Crippen MR) is 107 cm³/mol. The van der Waals surface area contributed by atoms with Crippen LogP contribution in [-0.2, 0) is 0 Å². The number of hydrogen-bond donors (Lipinski definition) is 2. The van der Waals surface area contributed by atoms with Crippen molar-refractivity contribution in [3.8, 4) is 0 Å². The maximum atomic E-state index is 4.61. The molecule has 0 bridgehead atoms. The lowest BCUT2D eigenvalue weighted by Gasteiger charge is -2.10. The zero-order chi connectivity index (χ0) is 16.7. The van der Waals surface area contributed by atoms with E-state index in [9.17, 15) is 0 Å². The van der Waals surface area contributed by atoms with Gasteiger partial charge in [-0.2, -0.15) is 12.6 Å². The van der Waals surface area contributed by atoms with E-state index in [0.29, 0.717) is 0 Å². The molecule has 0 aliphatic carbocycles. The van der Waals surface area contributed by atoms with Crippen LogP contribution in [0.3, 0.4) is 0 Å². The Morgan fingerprint density at radius 3 is 1.52 bits per heavy atom. The quantitative estimate of drug-likeness (QED) is 0.503. The van der Waals surface area contributed by atoms with Crippen LogP contribution in [0.15, 0.2) is 83.8 Å². The predicted octanol–water partition coefficient (Wildman–Crippen LogP) is 6.30. The van der Waals surface area contributed by atoms with Gasteiger partial charge in [-0.15, -0.1) is 12.6 Å². The van der Waals surface area contributed by atoms with Gasteiger partial charge in [-0.05, 0) is 42.2 Å². The summed E-state index contributed by atoms with van der Waals surface area (Å²) in [6.07, 6.45) is 0. The summed E-state index contributed by atoms with van der Waals surface area (Å²) in [5.74, 6) is 0. The summed E-state index contributed by atoms with van der Waals surface area (Å²) >= 11 is 8.88. The van der Waals surface area contributed by atoms with Gasteiger partial charge in [0.1, 0.15) is 0 Å². The second-order valence-electron chi connectivity index (χ2n) is 5.44. The third-order valence-corrected chi connectivity index (χ3v) is 4.89. The number of hydrogen-bond acceptors (Lipinski definition) is 2. The highest BCUT2D eigenvalue weighted by atomic mass is 32.1. The van der Waals surface area contributed by atoms with Crippen LogP contribution in [0.1, 0.15) is 27.5 Å². The average Bonchev–Trinajstić information content (AvgIpc) is 2.61. The molecule has 0 radical (unpaired) electrons. The standard InChI is InChI=1S/C13H12S.C8H10S/c14-13(11-7-3-1-4-8-11)12-9-5-2-6-10-12;1-6-4-3-5-8(9)7(6)2/h1-10,13-14H;3-5,9H,1-2H3. The molecule has 118 valence electrons. The highest BCUT2D eigenvalue weighted by Gasteiger charge is 2.06. The fraction of sp³-hybridized carbons (Fsp3) is 0.143. The minimum atomic E-state index is 0.178. The van der Waals surface area contributed by atoms with Gasteiger partial charge in [0.15, 0.2) is 0 Å². The fourth-order valence-electron chi connectivity index (χ4n) is 2.20. The smallest absolute Gasteiger partial charge is 0.0516 e. The molecule has 23 heavy (non-hydrogen) atoms. The molecule has 0 atom stereocenters. The molecular formula is C21H22S2. The van der Waals surface area contributed by atoms with Crippen molar-refractivity contribution in [1.29, 1.82) is 0 Å². The largest absolute Gasteiger partial charge is 0.166 e. The van der Waals surface area contributed by atoms with Crippen molar-refractivity contribution in [2.75, 3.05) is 0 Å². The molecule has 0 nitrogen and oxygen atoms in total. The Bertz CT molecular complexity index is 662. The number of aryl methyl sites for hydroxylation is 1. The topological polar surface area (TPSA) is 0 Å².